The molecule has 0 bridgehead atoms. The second-order valence-electron chi connectivity index (χ2n) is 4.23. The van der Waals surface area contributed by atoms with Crippen molar-refractivity contribution in [1.82, 2.24) is 0 Å². The second-order valence-corrected chi connectivity index (χ2v) is 5.91. The Kier molecular flexibility index (Phi) is 6.45. The van der Waals surface area contributed by atoms with E-state index in [-0.39, 0.29) is 0 Å². The summed E-state index contributed by atoms with van der Waals surface area (Å²) in [6.07, 6.45) is 0.283. The van der Waals surface area contributed by atoms with Crippen LogP contribution in [0.2, 0.25) is 0 Å². The van der Waals surface area contributed by atoms with Crippen LogP contribution in [0.25, 0.3) is 0 Å². The maximum absolute atomic E-state index is 9.87. The van der Waals surface area contributed by atoms with Crippen molar-refractivity contribution < 1.29 is 9.84 Å². The lowest BCUT2D eigenvalue weighted by Gasteiger charge is -2.15. The highest BCUT2D eigenvalue weighted by atomic mass is 32.2. The fraction of sp³-hybridized carbons (Fsp3) is 0.571. The highest BCUT2D eigenvalue weighted by Gasteiger charge is 2.10. The zero-order valence-electron chi connectivity index (χ0n) is 10.8. The molecule has 1 rings (SSSR count). The maximum Gasteiger partial charge on any atom is 0.125 e. The number of ether oxygens (including phenoxy) is 1. The molecule has 1 aromatic carbocycles. The summed E-state index contributed by atoms with van der Waals surface area (Å²) in [6, 6.07) is 7.73. The molecule has 0 heterocycles. The molecule has 3 heteroatoms. The van der Waals surface area contributed by atoms with E-state index in [1.165, 1.54) is 0 Å². The summed E-state index contributed by atoms with van der Waals surface area (Å²) >= 11 is 1.88. The summed E-state index contributed by atoms with van der Waals surface area (Å²) in [5.74, 6) is 1.79. The molecule has 0 saturated heterocycles. The molecular weight excluding hydrogens is 232 g/mol. The van der Waals surface area contributed by atoms with Crippen molar-refractivity contribution in [1.29, 1.82) is 0 Å². The molecule has 17 heavy (non-hydrogen) atoms. The summed E-state index contributed by atoms with van der Waals surface area (Å²) in [4.78, 5) is 0. The molecule has 0 aliphatic heterocycles. The molecule has 0 aromatic heterocycles. The van der Waals surface area contributed by atoms with Crippen LogP contribution in [-0.2, 0) is 0 Å². The van der Waals surface area contributed by atoms with Crippen molar-refractivity contribution in [3.05, 3.63) is 29.8 Å². The predicted molar refractivity (Wildman–Crippen MR) is 74.8 cm³/mol. The molecule has 0 unspecified atom stereocenters. The number of aliphatic hydroxyl groups is 1. The highest BCUT2D eigenvalue weighted by Crippen LogP contribution is 2.27. The maximum atomic E-state index is 9.87. The van der Waals surface area contributed by atoms with E-state index in [0.29, 0.717) is 18.3 Å². The lowest BCUT2D eigenvalue weighted by molar-refractivity contribution is 0.168. The fourth-order valence-corrected chi connectivity index (χ4v) is 2.19. The lowest BCUT2D eigenvalue weighted by atomic mass is 10.1. The van der Waals surface area contributed by atoms with Gasteiger partial charge in [-0.05, 0) is 17.7 Å². The zero-order chi connectivity index (χ0) is 12.7. The molecular formula is C14H22O2S. The van der Waals surface area contributed by atoms with Gasteiger partial charge in [-0.15, -0.1) is 0 Å². The molecule has 1 atom stereocenters. The van der Waals surface area contributed by atoms with E-state index in [1.807, 2.05) is 43.0 Å². The highest BCUT2D eigenvalue weighted by molar-refractivity contribution is 7.99. The van der Waals surface area contributed by atoms with E-state index in [0.717, 1.165) is 17.1 Å². The normalized spacial score (nSPS) is 12.8. The Balaban J connectivity index is 2.52. The summed E-state index contributed by atoms with van der Waals surface area (Å²) in [5, 5.41) is 10.5. The van der Waals surface area contributed by atoms with Crippen molar-refractivity contribution in [2.45, 2.75) is 38.5 Å². The second kappa shape index (κ2) is 7.62. The van der Waals surface area contributed by atoms with Gasteiger partial charge in [-0.25, -0.2) is 0 Å². The van der Waals surface area contributed by atoms with E-state index in [1.54, 1.807) is 0 Å². The van der Waals surface area contributed by atoms with Gasteiger partial charge in [0.1, 0.15) is 5.75 Å². The summed E-state index contributed by atoms with van der Waals surface area (Å²) in [5.41, 5.74) is 0.893. The Morgan fingerprint density at radius 3 is 2.65 bits per heavy atom. The number of aliphatic hydroxyl groups excluding tert-OH is 1. The topological polar surface area (TPSA) is 29.5 Å². The zero-order valence-corrected chi connectivity index (χ0v) is 11.7. The molecule has 0 aliphatic carbocycles. The number of hydrogen-bond donors (Lipinski definition) is 1. The molecule has 0 fully saturated rings. The van der Waals surface area contributed by atoms with E-state index in [4.69, 9.17) is 4.74 Å². The third kappa shape index (κ3) is 5.00. The Morgan fingerprint density at radius 1 is 1.29 bits per heavy atom. The molecule has 96 valence electrons. The standard InChI is InChI=1S/C14H22O2S/c1-4-13(15)12-7-5-6-8-14(12)16-9-10-17-11(2)3/h5-8,11,13,15H,4,9-10H2,1-3H3/t13-/m0/s1. The first-order valence-corrected chi connectivity index (χ1v) is 7.21. The predicted octanol–water partition coefficient (Wildman–Crippen LogP) is 3.65. The molecule has 0 aliphatic rings. The Bertz CT molecular complexity index is 326. The molecule has 0 spiro atoms. The van der Waals surface area contributed by atoms with E-state index in [2.05, 4.69) is 13.8 Å². The summed E-state index contributed by atoms with van der Waals surface area (Å²) < 4.78 is 5.73. The van der Waals surface area contributed by atoms with Crippen LogP contribution in [0.1, 0.15) is 38.9 Å². The molecule has 2 nitrogen and oxygen atoms in total. The van der Waals surface area contributed by atoms with Crippen molar-refractivity contribution in [3.8, 4) is 5.75 Å². The monoisotopic (exact) mass is 254 g/mol. The van der Waals surface area contributed by atoms with E-state index in [9.17, 15) is 5.11 Å². The van der Waals surface area contributed by atoms with Gasteiger partial charge >= 0.3 is 0 Å². The van der Waals surface area contributed by atoms with Gasteiger partial charge in [-0.1, -0.05) is 39.0 Å². The van der Waals surface area contributed by atoms with Gasteiger partial charge in [0.15, 0.2) is 0 Å². The summed E-state index contributed by atoms with van der Waals surface area (Å²) in [7, 11) is 0. The molecule has 0 radical (unpaired) electrons. The largest absolute Gasteiger partial charge is 0.492 e. The fourth-order valence-electron chi connectivity index (χ4n) is 1.54. The Morgan fingerprint density at radius 2 is 2.00 bits per heavy atom. The van der Waals surface area contributed by atoms with Crippen LogP contribution < -0.4 is 4.74 Å². The van der Waals surface area contributed by atoms with E-state index < -0.39 is 6.10 Å². The minimum Gasteiger partial charge on any atom is -0.492 e. The van der Waals surface area contributed by atoms with Crippen LogP contribution in [-0.4, -0.2) is 22.7 Å². The molecule has 1 aromatic rings. The van der Waals surface area contributed by atoms with Gasteiger partial charge < -0.3 is 9.84 Å². The van der Waals surface area contributed by atoms with Gasteiger partial charge in [0.05, 0.1) is 12.7 Å². The molecule has 1 N–H and O–H groups in total. The van der Waals surface area contributed by atoms with Gasteiger partial charge in [-0.3, -0.25) is 0 Å². The van der Waals surface area contributed by atoms with Crippen molar-refractivity contribution in [3.63, 3.8) is 0 Å². The minimum atomic E-state index is -0.427. The van der Waals surface area contributed by atoms with Crippen molar-refractivity contribution >= 4 is 11.8 Å². The lowest BCUT2D eigenvalue weighted by Crippen LogP contribution is -2.06. The van der Waals surface area contributed by atoms with Crippen LogP contribution in [0.4, 0.5) is 0 Å². The van der Waals surface area contributed by atoms with Crippen LogP contribution in [0.5, 0.6) is 5.75 Å². The number of benzene rings is 1. The van der Waals surface area contributed by atoms with Crippen LogP contribution in [0.3, 0.4) is 0 Å². The van der Waals surface area contributed by atoms with Crippen LogP contribution >= 0.6 is 11.8 Å². The first-order chi connectivity index (χ1) is 8.15. The van der Waals surface area contributed by atoms with Crippen LogP contribution in [0.15, 0.2) is 24.3 Å². The number of rotatable bonds is 7. The van der Waals surface area contributed by atoms with Gasteiger partial charge in [0.2, 0.25) is 0 Å². The van der Waals surface area contributed by atoms with Crippen molar-refractivity contribution in [2.24, 2.45) is 0 Å². The SMILES string of the molecule is CC[C@H](O)c1ccccc1OCCSC(C)C. The van der Waals surface area contributed by atoms with Gasteiger partial charge in [-0.2, -0.15) is 11.8 Å². The van der Waals surface area contributed by atoms with E-state index >= 15 is 0 Å². The van der Waals surface area contributed by atoms with Gasteiger partial charge in [0.25, 0.3) is 0 Å². The van der Waals surface area contributed by atoms with Crippen LogP contribution in [0, 0.1) is 0 Å². The summed E-state index contributed by atoms with van der Waals surface area (Å²) in [6.45, 7) is 7.02. The molecule has 0 amide bonds. The Hall–Kier alpha value is -0.670. The quantitative estimate of drug-likeness (QED) is 0.753. The number of hydrogen-bond acceptors (Lipinski definition) is 3. The smallest absolute Gasteiger partial charge is 0.125 e. The third-order valence-electron chi connectivity index (χ3n) is 2.46. The first-order valence-electron chi connectivity index (χ1n) is 6.16. The Labute approximate surface area is 108 Å². The molecule has 0 saturated carbocycles. The number of para-hydroxylation sites is 1. The minimum absolute atomic E-state index is 0.427. The van der Waals surface area contributed by atoms with Crippen molar-refractivity contribution in [2.75, 3.05) is 12.4 Å². The average Bonchev–Trinajstić information content (AvgIpc) is 2.34. The third-order valence-corrected chi connectivity index (χ3v) is 3.53. The first kappa shape index (κ1) is 14.4. The number of thioether (sulfide) groups is 1. The average molecular weight is 254 g/mol. The van der Waals surface area contributed by atoms with Gasteiger partial charge in [0, 0.05) is 11.3 Å².